The number of nitrogens with zero attached hydrogens (tertiary/aromatic N) is 2. The molecule has 0 bridgehead atoms. The van der Waals surface area contributed by atoms with Crippen LogP contribution in [-0.4, -0.2) is 22.4 Å². The molecule has 18 heavy (non-hydrogen) atoms. The third kappa shape index (κ3) is 2.95. The van der Waals surface area contributed by atoms with Crippen LogP contribution in [0.1, 0.15) is 21.6 Å². The molecule has 0 aliphatic rings. The van der Waals surface area contributed by atoms with Gasteiger partial charge in [0.05, 0.1) is 0 Å². The monoisotopic (exact) mass is 240 g/mol. The molecule has 0 radical (unpaired) electrons. The molecule has 0 unspecified atom stereocenters. The molecule has 0 saturated heterocycles. The van der Waals surface area contributed by atoms with Gasteiger partial charge in [-0.3, -0.25) is 4.79 Å². The van der Waals surface area contributed by atoms with Crippen molar-refractivity contribution in [1.82, 2.24) is 15.3 Å². The summed E-state index contributed by atoms with van der Waals surface area (Å²) in [5.74, 6) is -0.190. The number of carbonyl (C=O) groups excluding carboxylic acids is 1. The molecule has 0 aliphatic carbocycles. The van der Waals surface area contributed by atoms with E-state index in [-0.39, 0.29) is 11.6 Å². The van der Waals surface area contributed by atoms with Crippen molar-refractivity contribution in [3.63, 3.8) is 0 Å². The van der Waals surface area contributed by atoms with Gasteiger partial charge in [0.1, 0.15) is 11.8 Å². The minimum absolute atomic E-state index is 0.190. The third-order valence-corrected chi connectivity index (χ3v) is 2.50. The molecule has 2 rings (SSSR count). The van der Waals surface area contributed by atoms with Crippen LogP contribution in [0.15, 0.2) is 36.8 Å². The van der Waals surface area contributed by atoms with E-state index in [2.05, 4.69) is 15.3 Å². The van der Waals surface area contributed by atoms with Gasteiger partial charge < -0.3 is 10.3 Å². The molecule has 2 aromatic heterocycles. The number of rotatable bonds is 4. The molecule has 0 atom stereocenters. The molecule has 5 nitrogen and oxygen atoms in total. The average Bonchev–Trinajstić information content (AvgIpc) is 2.92. The summed E-state index contributed by atoms with van der Waals surface area (Å²) in [4.78, 5) is 18.6. The Kier molecular flexibility index (Phi) is 3.72. The Hall–Kier alpha value is -2.61. The number of amides is 1. The van der Waals surface area contributed by atoms with Crippen LogP contribution in [0.5, 0.6) is 0 Å². The molecular formula is C13H12N4O. The van der Waals surface area contributed by atoms with E-state index < -0.39 is 0 Å². The molecule has 2 N–H and O–H groups in total. The first-order chi connectivity index (χ1) is 8.79. The molecule has 2 aromatic rings. The van der Waals surface area contributed by atoms with Gasteiger partial charge in [0, 0.05) is 30.7 Å². The van der Waals surface area contributed by atoms with E-state index in [9.17, 15) is 4.79 Å². The van der Waals surface area contributed by atoms with E-state index >= 15 is 0 Å². The lowest BCUT2D eigenvalue weighted by Crippen LogP contribution is -2.25. The van der Waals surface area contributed by atoms with Gasteiger partial charge in [0.2, 0.25) is 0 Å². The topological polar surface area (TPSA) is 81.6 Å². The molecule has 1 amide bonds. The maximum atomic E-state index is 11.8. The zero-order valence-electron chi connectivity index (χ0n) is 9.68. The number of H-pyrrole nitrogens is 1. The lowest BCUT2D eigenvalue weighted by atomic mass is 10.2. The lowest BCUT2D eigenvalue weighted by Gasteiger charge is -2.04. The maximum Gasteiger partial charge on any atom is 0.251 e. The number of hydrogen-bond acceptors (Lipinski definition) is 3. The van der Waals surface area contributed by atoms with Gasteiger partial charge in [-0.05, 0) is 30.2 Å². The van der Waals surface area contributed by atoms with Gasteiger partial charge in [-0.15, -0.1) is 0 Å². The summed E-state index contributed by atoms with van der Waals surface area (Å²) in [6.45, 7) is 0.556. The third-order valence-electron chi connectivity index (χ3n) is 2.50. The SMILES string of the molecule is N#Cc1cc(C(=O)NCCc2cc[nH]c2)ccn1. The largest absolute Gasteiger partial charge is 0.367 e. The molecule has 90 valence electrons. The summed E-state index contributed by atoms with van der Waals surface area (Å²) in [5, 5.41) is 11.5. The highest BCUT2D eigenvalue weighted by molar-refractivity contribution is 5.94. The van der Waals surface area contributed by atoms with Crippen LogP contribution in [0.2, 0.25) is 0 Å². The second-order valence-corrected chi connectivity index (χ2v) is 3.77. The van der Waals surface area contributed by atoms with E-state index in [1.807, 2.05) is 24.5 Å². The number of aromatic amines is 1. The highest BCUT2D eigenvalue weighted by Crippen LogP contribution is 2.01. The molecular weight excluding hydrogens is 228 g/mol. The van der Waals surface area contributed by atoms with Crippen LogP contribution in [0.4, 0.5) is 0 Å². The molecule has 0 aromatic carbocycles. The number of aromatic nitrogens is 2. The normalized spacial score (nSPS) is 9.72. The van der Waals surface area contributed by atoms with Crippen LogP contribution in [-0.2, 0) is 6.42 Å². The predicted molar refractivity (Wildman–Crippen MR) is 65.8 cm³/mol. The fourth-order valence-electron chi connectivity index (χ4n) is 1.57. The first-order valence-corrected chi connectivity index (χ1v) is 5.55. The Morgan fingerprint density at radius 1 is 1.50 bits per heavy atom. The Morgan fingerprint density at radius 2 is 2.39 bits per heavy atom. The van der Waals surface area contributed by atoms with Gasteiger partial charge in [-0.1, -0.05) is 0 Å². The van der Waals surface area contributed by atoms with Crippen molar-refractivity contribution >= 4 is 5.91 Å². The summed E-state index contributed by atoms with van der Waals surface area (Å²) in [6.07, 6.45) is 5.97. The summed E-state index contributed by atoms with van der Waals surface area (Å²) in [6, 6.07) is 6.94. The van der Waals surface area contributed by atoms with E-state index in [1.165, 1.54) is 12.3 Å². The number of pyridine rings is 1. The Balaban J connectivity index is 1.89. The van der Waals surface area contributed by atoms with Gasteiger partial charge in [0.25, 0.3) is 5.91 Å². The molecule has 0 saturated carbocycles. The molecule has 2 heterocycles. The van der Waals surface area contributed by atoms with Crippen LogP contribution in [0, 0.1) is 11.3 Å². The van der Waals surface area contributed by atoms with Crippen molar-refractivity contribution in [1.29, 1.82) is 5.26 Å². The first kappa shape index (κ1) is 11.9. The summed E-state index contributed by atoms with van der Waals surface area (Å²) >= 11 is 0. The standard InChI is InChI=1S/C13H12N4O/c14-8-12-7-11(3-6-16-12)13(18)17-5-2-10-1-4-15-9-10/h1,3-4,6-7,9,15H,2,5H2,(H,17,18). The summed E-state index contributed by atoms with van der Waals surface area (Å²) in [7, 11) is 0. The quantitative estimate of drug-likeness (QED) is 0.843. The fraction of sp³-hybridized carbons (Fsp3) is 0.154. The van der Waals surface area contributed by atoms with Crippen LogP contribution in [0.25, 0.3) is 0 Å². The van der Waals surface area contributed by atoms with E-state index in [1.54, 1.807) is 6.07 Å². The minimum atomic E-state index is -0.190. The zero-order chi connectivity index (χ0) is 12.8. The average molecular weight is 240 g/mol. The number of carbonyl (C=O) groups is 1. The van der Waals surface area contributed by atoms with Crippen LogP contribution in [0.3, 0.4) is 0 Å². The molecule has 5 heteroatoms. The molecule has 0 fully saturated rings. The Bertz CT molecular complexity index is 569. The van der Waals surface area contributed by atoms with Crippen molar-refractivity contribution in [3.8, 4) is 6.07 Å². The van der Waals surface area contributed by atoms with E-state index in [4.69, 9.17) is 5.26 Å². The second-order valence-electron chi connectivity index (χ2n) is 3.77. The highest BCUT2D eigenvalue weighted by Gasteiger charge is 2.06. The van der Waals surface area contributed by atoms with E-state index in [0.717, 1.165) is 12.0 Å². The van der Waals surface area contributed by atoms with Gasteiger partial charge in [0.15, 0.2) is 0 Å². The van der Waals surface area contributed by atoms with Crippen molar-refractivity contribution < 1.29 is 4.79 Å². The highest BCUT2D eigenvalue weighted by atomic mass is 16.1. The van der Waals surface area contributed by atoms with E-state index in [0.29, 0.717) is 12.1 Å². The smallest absolute Gasteiger partial charge is 0.251 e. The van der Waals surface area contributed by atoms with Crippen molar-refractivity contribution in [2.24, 2.45) is 0 Å². The van der Waals surface area contributed by atoms with Gasteiger partial charge >= 0.3 is 0 Å². The second kappa shape index (κ2) is 5.64. The summed E-state index contributed by atoms with van der Waals surface area (Å²) < 4.78 is 0. The van der Waals surface area contributed by atoms with Crippen molar-refractivity contribution in [2.45, 2.75) is 6.42 Å². The lowest BCUT2D eigenvalue weighted by molar-refractivity contribution is 0.0954. The predicted octanol–water partition coefficient (Wildman–Crippen LogP) is 1.25. The fourth-order valence-corrected chi connectivity index (χ4v) is 1.57. The zero-order valence-corrected chi connectivity index (χ0v) is 9.68. The maximum absolute atomic E-state index is 11.8. The summed E-state index contributed by atoms with van der Waals surface area (Å²) in [5.41, 5.74) is 1.84. The van der Waals surface area contributed by atoms with Gasteiger partial charge in [-0.2, -0.15) is 5.26 Å². The number of nitriles is 1. The van der Waals surface area contributed by atoms with Gasteiger partial charge in [-0.25, -0.2) is 4.98 Å². The van der Waals surface area contributed by atoms with Crippen molar-refractivity contribution in [2.75, 3.05) is 6.54 Å². The number of nitrogens with one attached hydrogen (secondary N) is 2. The van der Waals surface area contributed by atoms with Crippen LogP contribution < -0.4 is 5.32 Å². The van der Waals surface area contributed by atoms with Crippen molar-refractivity contribution in [3.05, 3.63) is 53.6 Å². The molecule has 0 spiro atoms. The first-order valence-electron chi connectivity index (χ1n) is 5.55. The Morgan fingerprint density at radius 3 is 3.11 bits per heavy atom. The minimum Gasteiger partial charge on any atom is -0.367 e. The Labute approximate surface area is 104 Å². The van der Waals surface area contributed by atoms with Crippen LogP contribution >= 0.6 is 0 Å². The molecule has 0 aliphatic heterocycles. The number of hydrogen-bond donors (Lipinski definition) is 2.